The van der Waals surface area contributed by atoms with E-state index in [1.54, 1.807) is 12.0 Å². The molecule has 0 atom stereocenters. The second-order valence-corrected chi connectivity index (χ2v) is 8.47. The molecule has 0 aliphatic carbocycles. The summed E-state index contributed by atoms with van der Waals surface area (Å²) >= 11 is 0. The Balaban J connectivity index is 1.86. The lowest BCUT2D eigenvalue weighted by molar-refractivity contribution is 0.0763. The molecule has 2 aromatic rings. The number of carbonyl (C=O) groups is 1. The minimum atomic E-state index is -3.24. The van der Waals surface area contributed by atoms with Gasteiger partial charge in [-0.25, -0.2) is 12.7 Å². The number of fused-ring (bicyclic) bond motifs is 1. The molecular weight excluding hydrogens is 354 g/mol. The van der Waals surface area contributed by atoms with Crippen LogP contribution in [0, 0.1) is 6.92 Å². The van der Waals surface area contributed by atoms with E-state index in [1.807, 2.05) is 31.2 Å². The van der Waals surface area contributed by atoms with Crippen molar-refractivity contribution >= 4 is 26.8 Å². The Morgan fingerprint density at radius 2 is 1.92 bits per heavy atom. The van der Waals surface area contributed by atoms with E-state index in [4.69, 9.17) is 4.74 Å². The molecule has 8 heteroatoms. The highest BCUT2D eigenvalue weighted by Crippen LogP contribution is 2.23. The number of sulfonamides is 1. The van der Waals surface area contributed by atoms with Gasteiger partial charge >= 0.3 is 0 Å². The molecule has 0 N–H and O–H groups in total. The van der Waals surface area contributed by atoms with E-state index >= 15 is 0 Å². The van der Waals surface area contributed by atoms with Crippen LogP contribution in [0.25, 0.3) is 10.9 Å². The molecule has 1 saturated heterocycles. The van der Waals surface area contributed by atoms with E-state index < -0.39 is 10.0 Å². The summed E-state index contributed by atoms with van der Waals surface area (Å²) in [6.45, 7) is 3.49. The molecule has 0 radical (unpaired) electrons. The topological polar surface area (TPSA) is 79.8 Å². The molecule has 0 bridgehead atoms. The molecule has 26 heavy (non-hydrogen) atoms. The molecule has 0 unspecified atom stereocenters. The number of amides is 1. The number of aromatic nitrogens is 1. The molecule has 1 aliphatic rings. The highest BCUT2D eigenvalue weighted by Gasteiger charge is 2.25. The van der Waals surface area contributed by atoms with Crippen LogP contribution in [0.4, 0.5) is 0 Å². The summed E-state index contributed by atoms with van der Waals surface area (Å²) in [5, 5.41) is 0.868. The first-order valence-electron chi connectivity index (χ1n) is 8.49. The number of hydrogen-bond donors (Lipinski definition) is 0. The van der Waals surface area contributed by atoms with E-state index in [-0.39, 0.29) is 5.91 Å². The second-order valence-electron chi connectivity index (χ2n) is 6.49. The van der Waals surface area contributed by atoms with Gasteiger partial charge in [0.25, 0.3) is 5.91 Å². The molecule has 1 aliphatic heterocycles. The van der Waals surface area contributed by atoms with Crippen molar-refractivity contribution in [2.75, 3.05) is 39.5 Å². The summed E-state index contributed by atoms with van der Waals surface area (Å²) in [7, 11) is -1.63. The van der Waals surface area contributed by atoms with Crippen LogP contribution in [0.2, 0.25) is 0 Å². The lowest BCUT2D eigenvalue weighted by Gasteiger charge is -2.22. The van der Waals surface area contributed by atoms with Crippen molar-refractivity contribution in [2.45, 2.75) is 13.3 Å². The maximum Gasteiger partial charge on any atom is 0.255 e. The third-order valence-corrected chi connectivity index (χ3v) is 5.96. The van der Waals surface area contributed by atoms with Crippen LogP contribution >= 0.6 is 0 Å². The standard InChI is InChI=1S/C18H23N3O4S/c1-13-16(11-14-5-6-15(25-2)12-17(14)19-13)18(22)20-7-4-8-21(10-9-20)26(3,23)24/h5-6,11-12H,4,7-10H2,1-3H3. The first kappa shape index (κ1) is 18.6. The van der Waals surface area contributed by atoms with Crippen LogP contribution in [-0.2, 0) is 10.0 Å². The number of ether oxygens (including phenoxy) is 1. The summed E-state index contributed by atoms with van der Waals surface area (Å²) in [4.78, 5) is 19.2. The summed E-state index contributed by atoms with van der Waals surface area (Å²) < 4.78 is 30.1. The average molecular weight is 377 g/mol. The number of rotatable bonds is 3. The largest absolute Gasteiger partial charge is 0.497 e. The minimum Gasteiger partial charge on any atom is -0.497 e. The highest BCUT2D eigenvalue weighted by molar-refractivity contribution is 7.88. The summed E-state index contributed by atoms with van der Waals surface area (Å²) in [5.41, 5.74) is 1.98. The van der Waals surface area contributed by atoms with Gasteiger partial charge in [-0.05, 0) is 31.5 Å². The van der Waals surface area contributed by atoms with Crippen LogP contribution in [0.1, 0.15) is 22.5 Å². The van der Waals surface area contributed by atoms with E-state index in [9.17, 15) is 13.2 Å². The zero-order valence-corrected chi connectivity index (χ0v) is 16.0. The Morgan fingerprint density at radius 1 is 1.15 bits per heavy atom. The number of benzene rings is 1. The first-order chi connectivity index (χ1) is 12.3. The summed E-state index contributed by atoms with van der Waals surface area (Å²) in [6.07, 6.45) is 1.83. The van der Waals surface area contributed by atoms with Gasteiger partial charge in [0, 0.05) is 37.6 Å². The van der Waals surface area contributed by atoms with Crippen LogP contribution in [0.3, 0.4) is 0 Å². The molecule has 1 fully saturated rings. The van der Waals surface area contributed by atoms with Gasteiger partial charge in [0.05, 0.1) is 30.1 Å². The van der Waals surface area contributed by atoms with Gasteiger partial charge in [-0.3, -0.25) is 9.78 Å². The van der Waals surface area contributed by atoms with E-state index in [1.165, 1.54) is 10.6 Å². The van der Waals surface area contributed by atoms with Crippen molar-refractivity contribution in [3.05, 3.63) is 35.5 Å². The summed E-state index contributed by atoms with van der Waals surface area (Å²) in [5.74, 6) is 0.611. The Kier molecular flexibility index (Phi) is 5.15. The van der Waals surface area contributed by atoms with Crippen molar-refractivity contribution in [1.29, 1.82) is 0 Å². The third kappa shape index (κ3) is 3.81. The van der Waals surface area contributed by atoms with Crippen LogP contribution in [0.15, 0.2) is 24.3 Å². The molecule has 1 aromatic carbocycles. The molecule has 0 spiro atoms. The minimum absolute atomic E-state index is 0.108. The Morgan fingerprint density at radius 3 is 2.62 bits per heavy atom. The number of methoxy groups -OCH3 is 1. The van der Waals surface area contributed by atoms with Crippen molar-refractivity contribution < 1.29 is 17.9 Å². The fourth-order valence-corrected chi connectivity index (χ4v) is 4.06. The van der Waals surface area contributed by atoms with Crippen molar-refractivity contribution in [2.24, 2.45) is 0 Å². The molecule has 1 amide bonds. The molecule has 3 rings (SSSR count). The highest BCUT2D eigenvalue weighted by atomic mass is 32.2. The van der Waals surface area contributed by atoms with E-state index in [0.29, 0.717) is 43.9 Å². The van der Waals surface area contributed by atoms with Gasteiger partial charge in [-0.2, -0.15) is 0 Å². The lowest BCUT2D eigenvalue weighted by atomic mass is 10.1. The number of carbonyl (C=O) groups excluding carboxylic acids is 1. The van der Waals surface area contributed by atoms with E-state index in [2.05, 4.69) is 4.98 Å². The van der Waals surface area contributed by atoms with Gasteiger partial charge in [0.15, 0.2) is 0 Å². The Labute approximate surface area is 153 Å². The molecule has 0 saturated carbocycles. The van der Waals surface area contributed by atoms with Crippen molar-refractivity contribution in [1.82, 2.24) is 14.2 Å². The molecule has 1 aromatic heterocycles. The zero-order valence-electron chi connectivity index (χ0n) is 15.2. The van der Waals surface area contributed by atoms with E-state index in [0.717, 1.165) is 16.7 Å². The Bertz CT molecular complexity index is 943. The third-order valence-electron chi connectivity index (χ3n) is 4.66. The average Bonchev–Trinajstić information content (AvgIpc) is 2.86. The maximum absolute atomic E-state index is 13.0. The molecule has 2 heterocycles. The van der Waals surface area contributed by atoms with Gasteiger partial charge in [-0.15, -0.1) is 0 Å². The normalized spacial score (nSPS) is 16.5. The van der Waals surface area contributed by atoms with Crippen LogP contribution in [-0.4, -0.2) is 68.1 Å². The number of pyridine rings is 1. The molecular formula is C18H23N3O4S. The number of aryl methyl sites for hydroxylation is 1. The zero-order chi connectivity index (χ0) is 18.9. The first-order valence-corrected chi connectivity index (χ1v) is 10.3. The predicted octanol–water partition coefficient (Wildman–Crippen LogP) is 1.66. The number of nitrogens with zero attached hydrogens (tertiary/aromatic N) is 3. The van der Waals surface area contributed by atoms with Gasteiger partial charge in [0.1, 0.15) is 5.75 Å². The smallest absolute Gasteiger partial charge is 0.255 e. The van der Waals surface area contributed by atoms with Crippen molar-refractivity contribution in [3.8, 4) is 5.75 Å². The van der Waals surface area contributed by atoms with Crippen LogP contribution < -0.4 is 4.74 Å². The van der Waals surface area contributed by atoms with Crippen LogP contribution in [0.5, 0.6) is 5.75 Å². The van der Waals surface area contributed by atoms with Gasteiger partial charge < -0.3 is 9.64 Å². The SMILES string of the molecule is COc1ccc2cc(C(=O)N3CCCN(S(C)(=O)=O)CC3)c(C)nc2c1. The predicted molar refractivity (Wildman–Crippen MR) is 100.0 cm³/mol. The maximum atomic E-state index is 13.0. The fourth-order valence-electron chi connectivity index (χ4n) is 3.19. The fraction of sp³-hybridized carbons (Fsp3) is 0.444. The summed E-state index contributed by atoms with van der Waals surface area (Å²) in [6, 6.07) is 7.40. The monoisotopic (exact) mass is 377 g/mol. The van der Waals surface area contributed by atoms with Gasteiger partial charge in [-0.1, -0.05) is 0 Å². The lowest BCUT2D eigenvalue weighted by Crippen LogP contribution is -2.37. The second kappa shape index (κ2) is 7.20. The Hall–Kier alpha value is -2.19. The number of hydrogen-bond acceptors (Lipinski definition) is 5. The molecule has 7 nitrogen and oxygen atoms in total. The van der Waals surface area contributed by atoms with Gasteiger partial charge in [0.2, 0.25) is 10.0 Å². The molecule has 140 valence electrons. The van der Waals surface area contributed by atoms with Crippen molar-refractivity contribution in [3.63, 3.8) is 0 Å². The quantitative estimate of drug-likeness (QED) is 0.813.